The van der Waals surface area contributed by atoms with Crippen molar-refractivity contribution < 1.29 is 32.7 Å². The van der Waals surface area contributed by atoms with Crippen molar-refractivity contribution in [3.05, 3.63) is 27.8 Å². The van der Waals surface area contributed by atoms with Gasteiger partial charge in [-0.25, -0.2) is 11.3 Å². The maximum absolute atomic E-state index is 2.32. The molecule has 75 valence electrons. The van der Waals surface area contributed by atoms with Crippen LogP contribution in [0.5, 0.6) is 0 Å². The zero-order chi connectivity index (χ0) is 9.26. The molecule has 0 saturated heterocycles. The van der Waals surface area contributed by atoms with Crippen LogP contribution < -0.4 is 0 Å². The Balaban J connectivity index is 0.000000980. The third kappa shape index (κ3) is 2.62. The first-order valence-electron chi connectivity index (χ1n) is 5.21. The van der Waals surface area contributed by atoms with E-state index in [-0.39, 0.29) is 32.7 Å². The summed E-state index contributed by atoms with van der Waals surface area (Å²) in [5, 5.41) is 2.25. The molecule has 1 aliphatic rings. The van der Waals surface area contributed by atoms with E-state index in [9.17, 15) is 0 Å². The molecule has 0 bridgehead atoms. The van der Waals surface area contributed by atoms with E-state index in [0.29, 0.717) is 0 Å². The van der Waals surface area contributed by atoms with Crippen LogP contribution in [-0.2, 0) is 39.1 Å². The van der Waals surface area contributed by atoms with Crippen molar-refractivity contribution in [3.8, 4) is 0 Å². The maximum Gasteiger partial charge on any atom is 0 e. The summed E-state index contributed by atoms with van der Waals surface area (Å²) in [6.45, 7) is 4.64. The van der Waals surface area contributed by atoms with E-state index in [0.717, 1.165) is 5.92 Å². The normalized spacial score (nSPS) is 16.1. The van der Waals surface area contributed by atoms with Crippen molar-refractivity contribution >= 4 is 11.3 Å². The minimum atomic E-state index is 0. The van der Waals surface area contributed by atoms with Crippen molar-refractivity contribution in [2.45, 2.75) is 39.5 Å². The van der Waals surface area contributed by atoms with E-state index in [1.165, 1.54) is 25.7 Å². The molecular formula is C12H17SY-. The summed E-state index contributed by atoms with van der Waals surface area (Å²) >= 11 is 1.94. The molecule has 0 saturated carbocycles. The monoisotopic (exact) mass is 282 g/mol. The van der Waals surface area contributed by atoms with Gasteiger partial charge in [-0.05, 0) is 0 Å². The third-order valence-electron chi connectivity index (χ3n) is 2.89. The van der Waals surface area contributed by atoms with Crippen molar-refractivity contribution in [3.63, 3.8) is 0 Å². The van der Waals surface area contributed by atoms with E-state index in [2.05, 4.69) is 25.3 Å². The standard InChI is InChI=1S/C12H17S.Y/c1-9(2)10-5-3-4-6-12-11(10)7-8-13-12;/h7-9H,3-6H2,1-2H3;/q-1;. The van der Waals surface area contributed by atoms with E-state index >= 15 is 0 Å². The fraction of sp³-hybridized carbons (Fsp3) is 0.583. The van der Waals surface area contributed by atoms with Gasteiger partial charge in [0.2, 0.25) is 0 Å². The Labute approximate surface area is 116 Å². The van der Waals surface area contributed by atoms with Gasteiger partial charge in [0.15, 0.2) is 0 Å². The molecule has 0 amide bonds. The molecular weight excluding hydrogens is 265 g/mol. The van der Waals surface area contributed by atoms with Gasteiger partial charge < -0.3 is 0 Å². The summed E-state index contributed by atoms with van der Waals surface area (Å²) < 4.78 is 0. The number of rotatable bonds is 1. The van der Waals surface area contributed by atoms with Crippen LogP contribution in [0.4, 0.5) is 0 Å². The molecule has 0 fully saturated rings. The van der Waals surface area contributed by atoms with E-state index < -0.39 is 0 Å². The van der Waals surface area contributed by atoms with Gasteiger partial charge in [-0.1, -0.05) is 55.7 Å². The Hall–Kier alpha value is 0.674. The molecule has 0 nitrogen and oxygen atoms in total. The van der Waals surface area contributed by atoms with Gasteiger partial charge in [-0.2, -0.15) is 17.5 Å². The van der Waals surface area contributed by atoms with Gasteiger partial charge in [0.25, 0.3) is 0 Å². The van der Waals surface area contributed by atoms with Crippen LogP contribution in [0.3, 0.4) is 0 Å². The van der Waals surface area contributed by atoms with Gasteiger partial charge in [0.05, 0.1) is 0 Å². The van der Waals surface area contributed by atoms with Crippen molar-refractivity contribution in [1.29, 1.82) is 0 Å². The van der Waals surface area contributed by atoms with Crippen molar-refractivity contribution in [2.24, 2.45) is 5.92 Å². The average molecular weight is 282 g/mol. The Bertz CT molecular complexity index is 278. The number of thiophene rings is 1. The summed E-state index contributed by atoms with van der Waals surface area (Å²) in [7, 11) is 0. The van der Waals surface area contributed by atoms with Crippen LogP contribution in [0.25, 0.3) is 0 Å². The van der Waals surface area contributed by atoms with Crippen LogP contribution in [0.2, 0.25) is 0 Å². The largest absolute Gasteiger partial charge is 0.230 e. The molecule has 0 aromatic carbocycles. The average Bonchev–Trinajstić information content (AvgIpc) is 2.44. The van der Waals surface area contributed by atoms with Gasteiger partial charge in [0.1, 0.15) is 0 Å². The second-order valence-corrected chi connectivity index (χ2v) is 5.15. The summed E-state index contributed by atoms with van der Waals surface area (Å²) in [5.41, 5.74) is 1.58. The molecule has 0 aliphatic heterocycles. The van der Waals surface area contributed by atoms with Gasteiger partial charge in [0, 0.05) is 32.7 Å². The van der Waals surface area contributed by atoms with E-state index in [1.54, 1.807) is 16.4 Å². The molecule has 0 unspecified atom stereocenters. The number of fused-ring (bicyclic) bond motifs is 1. The topological polar surface area (TPSA) is 0 Å². The Morgan fingerprint density at radius 3 is 2.86 bits per heavy atom. The Morgan fingerprint density at radius 2 is 2.14 bits per heavy atom. The first kappa shape index (κ1) is 12.7. The van der Waals surface area contributed by atoms with Crippen molar-refractivity contribution in [1.82, 2.24) is 0 Å². The van der Waals surface area contributed by atoms with Crippen LogP contribution in [0, 0.1) is 11.8 Å². The smallest absolute Gasteiger partial charge is 0 e. The number of hydrogen-bond donors (Lipinski definition) is 0. The van der Waals surface area contributed by atoms with Crippen LogP contribution in [0.15, 0.2) is 11.4 Å². The van der Waals surface area contributed by atoms with Gasteiger partial charge in [-0.15, -0.1) is 0 Å². The quantitative estimate of drug-likeness (QED) is 0.538. The molecule has 1 aromatic heterocycles. The molecule has 0 spiro atoms. The summed E-state index contributed by atoms with van der Waals surface area (Å²) in [5.74, 6) is 2.42. The van der Waals surface area contributed by atoms with Gasteiger partial charge in [-0.3, -0.25) is 0 Å². The fourth-order valence-corrected chi connectivity index (χ4v) is 3.11. The molecule has 0 atom stereocenters. The minimum absolute atomic E-state index is 0. The zero-order valence-corrected chi connectivity index (χ0v) is 12.7. The first-order chi connectivity index (χ1) is 6.29. The minimum Gasteiger partial charge on any atom is -0.230 e. The summed E-state index contributed by atoms with van der Waals surface area (Å²) in [6.07, 6.45) is 5.39. The first-order valence-corrected chi connectivity index (χ1v) is 6.09. The molecule has 1 aliphatic carbocycles. The Kier molecular flexibility index (Phi) is 5.16. The maximum atomic E-state index is 2.32. The van der Waals surface area contributed by atoms with Crippen LogP contribution >= 0.6 is 11.3 Å². The van der Waals surface area contributed by atoms with E-state index in [1.807, 2.05) is 11.3 Å². The summed E-state index contributed by atoms with van der Waals surface area (Å²) in [6, 6.07) is 2.32. The molecule has 14 heavy (non-hydrogen) atoms. The fourth-order valence-electron chi connectivity index (χ4n) is 2.16. The molecule has 1 heterocycles. The third-order valence-corrected chi connectivity index (χ3v) is 3.87. The van der Waals surface area contributed by atoms with Crippen LogP contribution in [-0.4, -0.2) is 0 Å². The number of aryl methyl sites for hydroxylation is 1. The van der Waals surface area contributed by atoms with Crippen molar-refractivity contribution in [2.75, 3.05) is 0 Å². The molecule has 1 aromatic rings. The van der Waals surface area contributed by atoms with Crippen LogP contribution in [0.1, 0.15) is 43.6 Å². The van der Waals surface area contributed by atoms with E-state index in [4.69, 9.17) is 0 Å². The SMILES string of the molecule is CC(C)[C-]1CCCCc2sccc21.[Y]. The summed E-state index contributed by atoms with van der Waals surface area (Å²) in [4.78, 5) is 1.63. The predicted molar refractivity (Wildman–Crippen MR) is 59.1 cm³/mol. The Morgan fingerprint density at radius 1 is 1.36 bits per heavy atom. The zero-order valence-electron chi connectivity index (χ0n) is 9.05. The number of hydrogen-bond acceptors (Lipinski definition) is 1. The van der Waals surface area contributed by atoms with Gasteiger partial charge >= 0.3 is 0 Å². The predicted octanol–water partition coefficient (Wildman–Crippen LogP) is 4.05. The second kappa shape index (κ2) is 5.67. The molecule has 0 N–H and O–H groups in total. The second-order valence-electron chi connectivity index (χ2n) is 4.14. The molecule has 2 heteroatoms. The molecule has 2 rings (SSSR count). The molecule has 1 radical (unpaired) electrons.